The molecule has 2 aliphatic rings. The second-order valence-electron chi connectivity index (χ2n) is 8.94. The van der Waals surface area contributed by atoms with E-state index in [1.165, 1.54) is 14.2 Å². The summed E-state index contributed by atoms with van der Waals surface area (Å²) in [6.45, 7) is 1.86. The molecular formula is C25H32O8. The zero-order chi connectivity index (χ0) is 24.0. The predicted molar refractivity (Wildman–Crippen MR) is 117 cm³/mol. The number of hydrogen-bond donors (Lipinski definition) is 0. The molecule has 0 aliphatic heterocycles. The van der Waals surface area contributed by atoms with Crippen molar-refractivity contribution in [2.24, 2.45) is 23.7 Å². The maximum atomic E-state index is 12.8. The molecule has 0 atom stereocenters. The fraction of sp³-hybridized carbons (Fsp3) is 0.600. The Morgan fingerprint density at radius 2 is 0.970 bits per heavy atom. The van der Waals surface area contributed by atoms with Gasteiger partial charge in [-0.3, -0.25) is 19.2 Å². The first kappa shape index (κ1) is 24.7. The van der Waals surface area contributed by atoms with Crippen LogP contribution in [-0.2, 0) is 28.7 Å². The molecule has 0 N–H and O–H groups in total. The molecule has 2 aliphatic carbocycles. The molecule has 0 amide bonds. The van der Waals surface area contributed by atoms with Crippen LogP contribution in [0.25, 0.3) is 0 Å². The first-order valence-electron chi connectivity index (χ1n) is 11.5. The summed E-state index contributed by atoms with van der Waals surface area (Å²) in [5, 5.41) is 0. The summed E-state index contributed by atoms with van der Waals surface area (Å²) in [7, 11) is 2.74. The van der Waals surface area contributed by atoms with E-state index in [2.05, 4.69) is 0 Å². The molecule has 0 spiro atoms. The van der Waals surface area contributed by atoms with Gasteiger partial charge in [-0.05, 0) is 76.0 Å². The Hall–Kier alpha value is -2.90. The maximum absolute atomic E-state index is 12.8. The van der Waals surface area contributed by atoms with Crippen LogP contribution in [0.5, 0.6) is 11.5 Å². The van der Waals surface area contributed by atoms with Crippen molar-refractivity contribution in [3.63, 3.8) is 0 Å². The fourth-order valence-corrected chi connectivity index (χ4v) is 4.63. The van der Waals surface area contributed by atoms with Crippen LogP contribution in [0, 0.1) is 30.6 Å². The van der Waals surface area contributed by atoms with Gasteiger partial charge < -0.3 is 18.9 Å². The van der Waals surface area contributed by atoms with Crippen LogP contribution in [0.15, 0.2) is 18.2 Å². The molecule has 2 fully saturated rings. The van der Waals surface area contributed by atoms with Gasteiger partial charge in [-0.25, -0.2) is 0 Å². The van der Waals surface area contributed by atoms with Gasteiger partial charge in [-0.15, -0.1) is 0 Å². The Balaban J connectivity index is 1.59. The van der Waals surface area contributed by atoms with E-state index in [-0.39, 0.29) is 53.1 Å². The summed E-state index contributed by atoms with van der Waals surface area (Å²) in [5.74, 6) is -1.83. The van der Waals surface area contributed by atoms with Crippen molar-refractivity contribution < 1.29 is 38.1 Å². The normalized spacial score (nSPS) is 24.9. The number of ether oxygens (including phenoxy) is 4. The first-order valence-corrected chi connectivity index (χ1v) is 11.5. The maximum Gasteiger partial charge on any atom is 0.314 e. The van der Waals surface area contributed by atoms with Gasteiger partial charge in [0.05, 0.1) is 37.9 Å². The Morgan fingerprint density at radius 3 is 1.36 bits per heavy atom. The average molecular weight is 461 g/mol. The third-order valence-corrected chi connectivity index (χ3v) is 6.71. The third-order valence-electron chi connectivity index (χ3n) is 6.71. The van der Waals surface area contributed by atoms with E-state index < -0.39 is 5.97 Å². The van der Waals surface area contributed by atoms with Crippen molar-refractivity contribution in [2.75, 3.05) is 14.2 Å². The van der Waals surface area contributed by atoms with Crippen LogP contribution >= 0.6 is 0 Å². The molecule has 1 aromatic rings. The van der Waals surface area contributed by atoms with Crippen LogP contribution in [0.3, 0.4) is 0 Å². The molecule has 8 nitrogen and oxygen atoms in total. The van der Waals surface area contributed by atoms with E-state index >= 15 is 0 Å². The highest BCUT2D eigenvalue weighted by atomic mass is 16.6. The van der Waals surface area contributed by atoms with Crippen molar-refractivity contribution in [3.8, 4) is 11.5 Å². The van der Waals surface area contributed by atoms with Gasteiger partial charge in [0.25, 0.3) is 0 Å². The van der Waals surface area contributed by atoms with Crippen LogP contribution in [0.2, 0.25) is 0 Å². The van der Waals surface area contributed by atoms with Gasteiger partial charge in [-0.2, -0.15) is 0 Å². The third kappa shape index (κ3) is 6.33. The minimum Gasteiger partial charge on any atom is -0.469 e. The molecule has 33 heavy (non-hydrogen) atoms. The minimum atomic E-state index is -0.391. The van der Waals surface area contributed by atoms with E-state index in [4.69, 9.17) is 18.9 Å². The van der Waals surface area contributed by atoms with Crippen LogP contribution in [0.1, 0.15) is 56.9 Å². The molecule has 0 unspecified atom stereocenters. The lowest BCUT2D eigenvalue weighted by atomic mass is 9.82. The number of rotatable bonds is 6. The zero-order valence-corrected chi connectivity index (χ0v) is 19.5. The van der Waals surface area contributed by atoms with Crippen molar-refractivity contribution in [2.45, 2.75) is 58.3 Å². The van der Waals surface area contributed by atoms with Gasteiger partial charge in [0, 0.05) is 0 Å². The zero-order valence-electron chi connectivity index (χ0n) is 19.5. The Morgan fingerprint density at radius 1 is 0.606 bits per heavy atom. The highest BCUT2D eigenvalue weighted by molar-refractivity contribution is 5.80. The van der Waals surface area contributed by atoms with Gasteiger partial charge in [0.1, 0.15) is 0 Å². The molecule has 3 rings (SSSR count). The summed E-state index contributed by atoms with van der Waals surface area (Å²) >= 11 is 0. The van der Waals surface area contributed by atoms with Crippen molar-refractivity contribution >= 4 is 23.9 Å². The standard InChI is InChI=1S/C25H32O8/c1-15-4-13-20(32-24(28)18-9-5-16(6-10-18)22(26)30-2)21(14-15)33-25(29)19-11-7-17(8-12-19)23(27)31-3/h4,13-14,16-19H,5-12H2,1-3H3. The summed E-state index contributed by atoms with van der Waals surface area (Å²) in [5.41, 5.74) is 0.866. The van der Waals surface area contributed by atoms with Crippen LogP contribution in [-0.4, -0.2) is 38.1 Å². The number of carbonyl (C=O) groups excluding carboxylic acids is 4. The highest BCUT2D eigenvalue weighted by Gasteiger charge is 2.34. The number of aryl methyl sites for hydroxylation is 1. The number of esters is 4. The van der Waals surface area contributed by atoms with E-state index in [0.717, 1.165) is 5.56 Å². The Labute approximate surface area is 193 Å². The Bertz CT molecular complexity index is 876. The topological polar surface area (TPSA) is 105 Å². The largest absolute Gasteiger partial charge is 0.469 e. The smallest absolute Gasteiger partial charge is 0.314 e. The second-order valence-corrected chi connectivity index (χ2v) is 8.94. The molecule has 1 aromatic carbocycles. The van der Waals surface area contributed by atoms with Crippen LogP contribution < -0.4 is 9.47 Å². The van der Waals surface area contributed by atoms with Crippen molar-refractivity contribution in [1.29, 1.82) is 0 Å². The molecule has 0 bridgehead atoms. The van der Waals surface area contributed by atoms with Crippen molar-refractivity contribution in [1.82, 2.24) is 0 Å². The quantitative estimate of drug-likeness (QED) is 0.467. The molecule has 2 saturated carbocycles. The lowest BCUT2D eigenvalue weighted by molar-refractivity contribution is -0.150. The van der Waals surface area contributed by atoms with Gasteiger partial charge in [0.15, 0.2) is 11.5 Å². The van der Waals surface area contributed by atoms with E-state index in [1.807, 2.05) is 6.92 Å². The average Bonchev–Trinajstić information content (AvgIpc) is 2.84. The SMILES string of the molecule is COC(=O)C1CCC(C(=O)Oc2ccc(C)cc2OC(=O)C2CCC(C(=O)OC)CC2)CC1. The summed E-state index contributed by atoms with van der Waals surface area (Å²) in [6.07, 6.45) is 4.50. The second kappa shape index (κ2) is 11.3. The van der Waals surface area contributed by atoms with E-state index in [9.17, 15) is 19.2 Å². The highest BCUT2D eigenvalue weighted by Crippen LogP contribution is 2.35. The predicted octanol–water partition coefficient (Wildman–Crippen LogP) is 3.76. The van der Waals surface area contributed by atoms with E-state index in [0.29, 0.717) is 51.4 Å². The fourth-order valence-electron chi connectivity index (χ4n) is 4.63. The van der Waals surface area contributed by atoms with Crippen LogP contribution in [0.4, 0.5) is 0 Å². The molecule has 0 aromatic heterocycles. The van der Waals surface area contributed by atoms with E-state index in [1.54, 1.807) is 18.2 Å². The molecule has 180 valence electrons. The van der Waals surface area contributed by atoms with Gasteiger partial charge in [-0.1, -0.05) is 6.07 Å². The summed E-state index contributed by atoms with van der Waals surface area (Å²) in [6, 6.07) is 5.09. The molecule has 8 heteroatoms. The molecular weight excluding hydrogens is 428 g/mol. The molecule has 0 heterocycles. The monoisotopic (exact) mass is 460 g/mol. The Kier molecular flexibility index (Phi) is 8.47. The number of hydrogen-bond acceptors (Lipinski definition) is 8. The lowest BCUT2D eigenvalue weighted by Gasteiger charge is -2.26. The van der Waals surface area contributed by atoms with Gasteiger partial charge >= 0.3 is 23.9 Å². The molecule has 0 saturated heterocycles. The lowest BCUT2D eigenvalue weighted by Crippen LogP contribution is -2.30. The number of benzene rings is 1. The number of methoxy groups -OCH3 is 2. The van der Waals surface area contributed by atoms with Crippen molar-refractivity contribution in [3.05, 3.63) is 23.8 Å². The molecule has 0 radical (unpaired) electrons. The summed E-state index contributed by atoms with van der Waals surface area (Å²) in [4.78, 5) is 48.9. The van der Waals surface area contributed by atoms with Gasteiger partial charge in [0.2, 0.25) is 0 Å². The minimum absolute atomic E-state index is 0.177. The number of carbonyl (C=O) groups is 4. The summed E-state index contributed by atoms with van der Waals surface area (Å²) < 4.78 is 20.9. The first-order chi connectivity index (χ1) is 15.8.